The van der Waals surface area contributed by atoms with Gasteiger partial charge in [-0.1, -0.05) is 0 Å². The van der Waals surface area contributed by atoms with Crippen LogP contribution in [0.15, 0.2) is 12.1 Å². The van der Waals surface area contributed by atoms with Crippen LogP contribution in [0.4, 0.5) is 0 Å². The predicted molar refractivity (Wildman–Crippen MR) is 92.9 cm³/mol. The Bertz CT molecular complexity index is 618. The zero-order valence-corrected chi connectivity index (χ0v) is 14.5. The van der Waals surface area contributed by atoms with Gasteiger partial charge in [0.05, 0.1) is 13.7 Å². The molecule has 0 radical (unpaired) electrons. The summed E-state index contributed by atoms with van der Waals surface area (Å²) in [6.07, 6.45) is 6.78. The van der Waals surface area contributed by atoms with Crippen molar-refractivity contribution in [1.29, 1.82) is 0 Å². The van der Waals surface area contributed by atoms with Crippen LogP contribution in [0, 0.1) is 17.8 Å². The Morgan fingerprint density at radius 2 is 1.88 bits per heavy atom. The second kappa shape index (κ2) is 6.75. The van der Waals surface area contributed by atoms with Gasteiger partial charge in [-0.15, -0.1) is 0 Å². The van der Waals surface area contributed by atoms with Gasteiger partial charge in [0.15, 0.2) is 17.3 Å². The molecule has 1 aromatic carbocycles. The molecular formula is C20H27NO3. The lowest BCUT2D eigenvalue weighted by atomic mass is 9.86. The number of methoxy groups -OCH3 is 1. The fraction of sp³-hybridized carbons (Fsp3) is 0.650. The van der Waals surface area contributed by atoms with Gasteiger partial charge in [0, 0.05) is 11.5 Å². The van der Waals surface area contributed by atoms with E-state index in [4.69, 9.17) is 9.47 Å². The van der Waals surface area contributed by atoms with Crippen molar-refractivity contribution < 1.29 is 14.3 Å². The second-order valence-electron chi connectivity index (χ2n) is 7.61. The fourth-order valence-electron chi connectivity index (χ4n) is 4.05. The van der Waals surface area contributed by atoms with Crippen molar-refractivity contribution in [2.75, 3.05) is 26.8 Å². The molecule has 0 aromatic heterocycles. The molecule has 1 aromatic rings. The molecule has 4 rings (SSSR count). The van der Waals surface area contributed by atoms with Gasteiger partial charge < -0.3 is 14.8 Å². The zero-order chi connectivity index (χ0) is 16.5. The van der Waals surface area contributed by atoms with E-state index in [1.165, 1.54) is 25.7 Å². The van der Waals surface area contributed by atoms with E-state index < -0.39 is 0 Å². The molecule has 1 saturated carbocycles. The quantitative estimate of drug-likeness (QED) is 0.870. The number of ketones is 1. The Balaban J connectivity index is 1.49. The normalized spacial score (nSPS) is 24.0. The Labute approximate surface area is 143 Å². The summed E-state index contributed by atoms with van der Waals surface area (Å²) in [5, 5.41) is 3.40. The first-order valence-corrected chi connectivity index (χ1v) is 9.33. The van der Waals surface area contributed by atoms with Crippen LogP contribution in [0.1, 0.15) is 48.0 Å². The largest absolute Gasteiger partial charge is 0.493 e. The summed E-state index contributed by atoms with van der Waals surface area (Å²) in [5.41, 5.74) is 2.00. The fourth-order valence-corrected chi connectivity index (χ4v) is 4.05. The molecule has 24 heavy (non-hydrogen) atoms. The number of hydrogen-bond acceptors (Lipinski definition) is 4. The molecule has 2 fully saturated rings. The van der Waals surface area contributed by atoms with Gasteiger partial charge in [-0.25, -0.2) is 0 Å². The van der Waals surface area contributed by atoms with Crippen LogP contribution in [0.3, 0.4) is 0 Å². The van der Waals surface area contributed by atoms with Crippen LogP contribution < -0.4 is 14.8 Å². The summed E-state index contributed by atoms with van der Waals surface area (Å²) in [5.74, 6) is 3.32. The van der Waals surface area contributed by atoms with Gasteiger partial charge in [0.25, 0.3) is 0 Å². The zero-order valence-electron chi connectivity index (χ0n) is 14.5. The van der Waals surface area contributed by atoms with E-state index >= 15 is 0 Å². The molecule has 1 unspecified atom stereocenters. The van der Waals surface area contributed by atoms with Crippen molar-refractivity contribution in [2.24, 2.45) is 17.8 Å². The Morgan fingerprint density at radius 1 is 1.08 bits per heavy atom. The lowest BCUT2D eigenvalue weighted by molar-refractivity contribution is 0.0912. The number of rotatable bonds is 6. The van der Waals surface area contributed by atoms with Gasteiger partial charge in [-0.05, 0) is 81.1 Å². The third kappa shape index (κ3) is 3.30. The van der Waals surface area contributed by atoms with Crippen molar-refractivity contribution in [1.82, 2.24) is 5.32 Å². The lowest BCUT2D eigenvalue weighted by Gasteiger charge is -2.24. The Hall–Kier alpha value is -1.55. The number of hydrogen-bond donors (Lipinski definition) is 1. The number of fused-ring (bicyclic) bond motifs is 1. The van der Waals surface area contributed by atoms with Gasteiger partial charge in [0.1, 0.15) is 0 Å². The maximum Gasteiger partial charge on any atom is 0.166 e. The van der Waals surface area contributed by atoms with Crippen LogP contribution in [0.25, 0.3) is 0 Å². The van der Waals surface area contributed by atoms with Gasteiger partial charge >= 0.3 is 0 Å². The molecule has 0 bridgehead atoms. The minimum atomic E-state index is 0.145. The first-order chi connectivity index (χ1) is 11.7. The Morgan fingerprint density at radius 3 is 2.58 bits per heavy atom. The molecule has 3 aliphatic rings. The molecule has 1 saturated heterocycles. The first-order valence-electron chi connectivity index (χ1n) is 9.33. The van der Waals surface area contributed by atoms with E-state index in [-0.39, 0.29) is 5.92 Å². The molecule has 1 N–H and O–H groups in total. The first kappa shape index (κ1) is 15.9. The van der Waals surface area contributed by atoms with Gasteiger partial charge in [-0.2, -0.15) is 0 Å². The van der Waals surface area contributed by atoms with Gasteiger partial charge in [-0.3, -0.25) is 4.79 Å². The number of benzene rings is 1. The standard InChI is InChI=1S/C20H27NO3/c1-23-18-10-15-9-16(8-13-4-6-21-7-5-13)20(22)17(15)11-19(18)24-12-14-2-3-14/h10-11,13-14,16,21H,2-9,12H2,1H3. The maximum atomic E-state index is 12.9. The molecule has 0 amide bonds. The van der Waals surface area contributed by atoms with E-state index in [1.807, 2.05) is 12.1 Å². The smallest absolute Gasteiger partial charge is 0.166 e. The summed E-state index contributed by atoms with van der Waals surface area (Å²) >= 11 is 0. The number of piperidine rings is 1. The minimum absolute atomic E-state index is 0.145. The molecule has 4 nitrogen and oxygen atoms in total. The average Bonchev–Trinajstić information content (AvgIpc) is 3.39. The van der Waals surface area contributed by atoms with Crippen LogP contribution in [-0.2, 0) is 6.42 Å². The van der Waals surface area contributed by atoms with Crippen molar-refractivity contribution >= 4 is 5.78 Å². The molecule has 0 spiro atoms. The van der Waals surface area contributed by atoms with Crippen LogP contribution in [-0.4, -0.2) is 32.6 Å². The lowest BCUT2D eigenvalue weighted by Crippen LogP contribution is -2.29. The highest BCUT2D eigenvalue weighted by Gasteiger charge is 2.34. The molecule has 4 heteroatoms. The highest BCUT2D eigenvalue weighted by atomic mass is 16.5. The third-order valence-electron chi connectivity index (χ3n) is 5.74. The summed E-state index contributed by atoms with van der Waals surface area (Å²) in [6.45, 7) is 2.92. The average molecular weight is 329 g/mol. The minimum Gasteiger partial charge on any atom is -0.493 e. The van der Waals surface area contributed by atoms with Crippen molar-refractivity contribution in [3.63, 3.8) is 0 Å². The molecule has 1 aliphatic heterocycles. The SMILES string of the molecule is COc1cc2c(cc1OCC1CC1)C(=O)C(CC1CCNCC1)C2. The monoisotopic (exact) mass is 329 g/mol. The van der Waals surface area contributed by atoms with E-state index in [0.717, 1.165) is 55.2 Å². The molecular weight excluding hydrogens is 302 g/mol. The summed E-state index contributed by atoms with van der Waals surface area (Å²) < 4.78 is 11.4. The highest BCUT2D eigenvalue weighted by molar-refractivity contribution is 6.02. The van der Waals surface area contributed by atoms with Gasteiger partial charge in [0.2, 0.25) is 0 Å². The third-order valence-corrected chi connectivity index (χ3v) is 5.74. The molecule has 1 atom stereocenters. The summed E-state index contributed by atoms with van der Waals surface area (Å²) in [6, 6.07) is 3.96. The number of carbonyl (C=O) groups is 1. The van der Waals surface area contributed by atoms with Crippen LogP contribution >= 0.6 is 0 Å². The van der Waals surface area contributed by atoms with Crippen LogP contribution in [0.5, 0.6) is 11.5 Å². The van der Waals surface area contributed by atoms with Crippen molar-refractivity contribution in [3.05, 3.63) is 23.3 Å². The van der Waals surface area contributed by atoms with E-state index in [2.05, 4.69) is 5.32 Å². The van der Waals surface area contributed by atoms with Crippen molar-refractivity contribution in [2.45, 2.75) is 38.5 Å². The maximum absolute atomic E-state index is 12.9. The topological polar surface area (TPSA) is 47.6 Å². The number of nitrogens with one attached hydrogen (secondary N) is 1. The number of ether oxygens (including phenoxy) is 2. The Kier molecular flexibility index (Phi) is 4.49. The molecule has 2 aliphatic carbocycles. The highest BCUT2D eigenvalue weighted by Crippen LogP contribution is 2.40. The predicted octanol–water partition coefficient (Wildman–Crippen LogP) is 3.23. The number of carbonyl (C=O) groups excluding carboxylic acids is 1. The summed E-state index contributed by atoms with van der Waals surface area (Å²) in [4.78, 5) is 12.9. The van der Waals surface area contributed by atoms with Crippen molar-refractivity contribution in [3.8, 4) is 11.5 Å². The van der Waals surface area contributed by atoms with E-state index in [9.17, 15) is 4.79 Å². The summed E-state index contributed by atoms with van der Waals surface area (Å²) in [7, 11) is 1.68. The number of Topliss-reactive ketones (excluding diaryl/α,β-unsaturated/α-hetero) is 1. The van der Waals surface area contributed by atoms with Crippen LogP contribution in [0.2, 0.25) is 0 Å². The van der Waals surface area contributed by atoms with E-state index in [0.29, 0.717) is 17.6 Å². The molecule has 130 valence electrons. The molecule has 1 heterocycles. The second-order valence-corrected chi connectivity index (χ2v) is 7.61. The van der Waals surface area contributed by atoms with E-state index in [1.54, 1.807) is 7.11 Å².